The number of aliphatic hydroxyl groups is 1. The van der Waals surface area contributed by atoms with Gasteiger partial charge in [-0.3, -0.25) is 0 Å². The highest BCUT2D eigenvalue weighted by atomic mass is 16.3. The molecule has 122 valence electrons. The lowest BCUT2D eigenvalue weighted by molar-refractivity contribution is 0.271. The van der Waals surface area contributed by atoms with Gasteiger partial charge >= 0.3 is 0 Å². The standard InChI is InChI=1S/C8H17NO.C7H9N5/c10-7-6-9-8-4-2-1-3-5-8;1-8-4-12-5-11-6-2-9-3-10-7(6)12/h8-10H,1-7H2;2-3,5,8H,4H2,1H3. The summed E-state index contributed by atoms with van der Waals surface area (Å²) in [6, 6.07) is 0.695. The monoisotopic (exact) mass is 306 g/mol. The Bertz CT molecular complexity index is 538. The predicted octanol–water partition coefficient (Wildman–Crippen LogP) is 0.904. The molecule has 0 saturated heterocycles. The van der Waals surface area contributed by atoms with Crippen LogP contribution in [0.15, 0.2) is 18.9 Å². The van der Waals surface area contributed by atoms with Crippen LogP contribution in [0.1, 0.15) is 32.1 Å². The molecule has 2 aromatic heterocycles. The fourth-order valence-corrected chi connectivity index (χ4v) is 2.68. The lowest BCUT2D eigenvalue weighted by atomic mass is 9.96. The van der Waals surface area contributed by atoms with Crippen molar-refractivity contribution in [1.29, 1.82) is 0 Å². The Morgan fingerprint density at radius 3 is 2.82 bits per heavy atom. The SMILES string of the molecule is CNCn1cnc2cncnc21.OCCNC1CCCCC1. The average molecular weight is 306 g/mol. The molecular weight excluding hydrogens is 280 g/mol. The highest BCUT2D eigenvalue weighted by Gasteiger charge is 2.11. The molecule has 0 unspecified atom stereocenters. The van der Waals surface area contributed by atoms with Crippen molar-refractivity contribution in [3.05, 3.63) is 18.9 Å². The molecule has 1 saturated carbocycles. The first-order chi connectivity index (χ1) is 10.8. The first kappa shape index (κ1) is 16.8. The van der Waals surface area contributed by atoms with Gasteiger partial charge in [-0.2, -0.15) is 0 Å². The second-order valence-electron chi connectivity index (χ2n) is 5.47. The summed E-state index contributed by atoms with van der Waals surface area (Å²) in [5.41, 5.74) is 1.69. The van der Waals surface area contributed by atoms with Gasteiger partial charge in [-0.05, 0) is 19.9 Å². The van der Waals surface area contributed by atoms with Gasteiger partial charge in [0, 0.05) is 12.6 Å². The molecule has 0 atom stereocenters. The van der Waals surface area contributed by atoms with Gasteiger partial charge in [-0.15, -0.1) is 0 Å². The molecular formula is C15H26N6O. The minimum absolute atomic E-state index is 0.274. The fourth-order valence-electron chi connectivity index (χ4n) is 2.68. The van der Waals surface area contributed by atoms with Gasteiger partial charge in [0.25, 0.3) is 0 Å². The summed E-state index contributed by atoms with van der Waals surface area (Å²) in [5, 5.41) is 14.9. The van der Waals surface area contributed by atoms with E-state index in [1.165, 1.54) is 38.4 Å². The minimum atomic E-state index is 0.274. The van der Waals surface area contributed by atoms with E-state index < -0.39 is 0 Å². The van der Waals surface area contributed by atoms with E-state index in [1.807, 2.05) is 11.6 Å². The Morgan fingerprint density at radius 1 is 1.27 bits per heavy atom. The molecule has 1 aliphatic rings. The van der Waals surface area contributed by atoms with Crippen molar-refractivity contribution in [2.45, 2.75) is 44.8 Å². The molecule has 1 fully saturated rings. The van der Waals surface area contributed by atoms with Crippen LogP contribution in [-0.2, 0) is 6.67 Å². The molecule has 0 bridgehead atoms. The quantitative estimate of drug-likeness (QED) is 0.761. The Balaban J connectivity index is 0.000000164. The number of fused-ring (bicyclic) bond motifs is 1. The highest BCUT2D eigenvalue weighted by Crippen LogP contribution is 2.16. The fraction of sp³-hybridized carbons (Fsp3) is 0.667. The molecule has 2 heterocycles. The van der Waals surface area contributed by atoms with E-state index in [4.69, 9.17) is 5.11 Å². The Morgan fingerprint density at radius 2 is 2.09 bits per heavy atom. The van der Waals surface area contributed by atoms with E-state index in [-0.39, 0.29) is 6.61 Å². The Hall–Kier alpha value is -1.57. The number of nitrogens with one attached hydrogen (secondary N) is 2. The molecule has 22 heavy (non-hydrogen) atoms. The molecule has 1 aliphatic carbocycles. The van der Waals surface area contributed by atoms with E-state index in [1.54, 1.807) is 12.5 Å². The third kappa shape index (κ3) is 5.01. The smallest absolute Gasteiger partial charge is 0.164 e. The van der Waals surface area contributed by atoms with Crippen molar-refractivity contribution in [3.8, 4) is 0 Å². The van der Waals surface area contributed by atoms with Crippen molar-refractivity contribution in [2.75, 3.05) is 20.2 Å². The number of aliphatic hydroxyl groups excluding tert-OH is 1. The Kier molecular flexibility index (Phi) is 7.21. The summed E-state index contributed by atoms with van der Waals surface area (Å²) < 4.78 is 1.93. The van der Waals surface area contributed by atoms with Gasteiger partial charge in [-0.1, -0.05) is 19.3 Å². The summed E-state index contributed by atoms with van der Waals surface area (Å²) in [6.45, 7) is 1.76. The largest absolute Gasteiger partial charge is 0.395 e. The molecule has 7 heteroatoms. The third-order valence-electron chi connectivity index (χ3n) is 3.76. The molecule has 0 spiro atoms. The lowest BCUT2D eigenvalue weighted by Crippen LogP contribution is -2.32. The van der Waals surface area contributed by atoms with Crippen LogP contribution < -0.4 is 10.6 Å². The van der Waals surface area contributed by atoms with Crippen molar-refractivity contribution < 1.29 is 5.11 Å². The number of rotatable bonds is 5. The van der Waals surface area contributed by atoms with Crippen LogP contribution in [0.5, 0.6) is 0 Å². The first-order valence-corrected chi connectivity index (χ1v) is 7.95. The van der Waals surface area contributed by atoms with E-state index in [0.717, 1.165) is 17.7 Å². The van der Waals surface area contributed by atoms with Crippen LogP contribution >= 0.6 is 0 Å². The van der Waals surface area contributed by atoms with Gasteiger partial charge in [-0.25, -0.2) is 15.0 Å². The summed E-state index contributed by atoms with van der Waals surface area (Å²) in [6.07, 6.45) is 11.7. The van der Waals surface area contributed by atoms with Gasteiger partial charge in [0.1, 0.15) is 11.8 Å². The number of hydrogen-bond acceptors (Lipinski definition) is 6. The first-order valence-electron chi connectivity index (χ1n) is 7.95. The van der Waals surface area contributed by atoms with Gasteiger partial charge in [0.15, 0.2) is 5.65 Å². The van der Waals surface area contributed by atoms with Crippen LogP contribution in [0.2, 0.25) is 0 Å². The molecule has 0 aliphatic heterocycles. The third-order valence-corrected chi connectivity index (χ3v) is 3.76. The zero-order valence-corrected chi connectivity index (χ0v) is 13.2. The summed E-state index contributed by atoms with van der Waals surface area (Å²) in [7, 11) is 1.88. The van der Waals surface area contributed by atoms with Crippen LogP contribution in [-0.4, -0.2) is 50.9 Å². The van der Waals surface area contributed by atoms with Gasteiger partial charge in [0.2, 0.25) is 0 Å². The van der Waals surface area contributed by atoms with Crippen LogP contribution in [0.25, 0.3) is 11.2 Å². The van der Waals surface area contributed by atoms with E-state index in [9.17, 15) is 0 Å². The average Bonchev–Trinajstić information content (AvgIpc) is 2.98. The molecule has 0 aromatic carbocycles. The summed E-state index contributed by atoms with van der Waals surface area (Å²) in [5.74, 6) is 0. The van der Waals surface area contributed by atoms with Crippen molar-refractivity contribution in [2.24, 2.45) is 0 Å². The summed E-state index contributed by atoms with van der Waals surface area (Å²) in [4.78, 5) is 12.1. The van der Waals surface area contributed by atoms with E-state index in [0.29, 0.717) is 12.7 Å². The predicted molar refractivity (Wildman–Crippen MR) is 86.3 cm³/mol. The molecule has 2 aromatic rings. The van der Waals surface area contributed by atoms with Gasteiger partial charge < -0.3 is 20.3 Å². The molecule has 3 N–H and O–H groups in total. The number of nitrogens with zero attached hydrogens (tertiary/aromatic N) is 4. The molecule has 3 rings (SSSR count). The Labute approximate surface area is 131 Å². The minimum Gasteiger partial charge on any atom is -0.395 e. The topological polar surface area (TPSA) is 87.9 Å². The molecule has 0 radical (unpaired) electrons. The van der Waals surface area contributed by atoms with Crippen molar-refractivity contribution in [3.63, 3.8) is 0 Å². The van der Waals surface area contributed by atoms with E-state index in [2.05, 4.69) is 25.6 Å². The van der Waals surface area contributed by atoms with Crippen molar-refractivity contribution >= 4 is 11.2 Å². The highest BCUT2D eigenvalue weighted by molar-refractivity contribution is 5.68. The van der Waals surface area contributed by atoms with Crippen LogP contribution in [0, 0.1) is 0 Å². The molecule has 7 nitrogen and oxygen atoms in total. The molecule has 0 amide bonds. The summed E-state index contributed by atoms with van der Waals surface area (Å²) >= 11 is 0. The number of hydrogen-bond donors (Lipinski definition) is 3. The number of aromatic nitrogens is 4. The lowest BCUT2D eigenvalue weighted by Gasteiger charge is -2.22. The maximum atomic E-state index is 8.53. The second-order valence-corrected chi connectivity index (χ2v) is 5.47. The zero-order chi connectivity index (χ0) is 15.6. The van der Waals surface area contributed by atoms with E-state index >= 15 is 0 Å². The van der Waals surface area contributed by atoms with Crippen LogP contribution in [0.4, 0.5) is 0 Å². The maximum Gasteiger partial charge on any atom is 0.164 e. The second kappa shape index (κ2) is 9.45. The zero-order valence-electron chi connectivity index (χ0n) is 13.2. The van der Waals surface area contributed by atoms with Gasteiger partial charge in [0.05, 0.1) is 25.8 Å². The number of imidazole rings is 1. The van der Waals surface area contributed by atoms with Crippen molar-refractivity contribution in [1.82, 2.24) is 30.2 Å². The van der Waals surface area contributed by atoms with Crippen LogP contribution in [0.3, 0.4) is 0 Å². The normalized spacial score (nSPS) is 15.5. The maximum absolute atomic E-state index is 8.53.